The predicted molar refractivity (Wildman–Crippen MR) is 170 cm³/mol. The first-order valence-corrected chi connectivity index (χ1v) is 18.3. The monoisotopic (exact) mass is 651 g/mol. The van der Waals surface area contributed by atoms with Crippen LogP contribution in [0.3, 0.4) is 0 Å². The van der Waals surface area contributed by atoms with Crippen molar-refractivity contribution in [1.29, 1.82) is 0 Å². The average molecular weight is 652 g/mol. The zero-order valence-corrected chi connectivity index (χ0v) is 28.6. The number of carbonyl (C=O) groups excluding carboxylic acids is 5. The van der Waals surface area contributed by atoms with Gasteiger partial charge in [-0.2, -0.15) is 0 Å². The summed E-state index contributed by atoms with van der Waals surface area (Å²) in [6, 6.07) is -2.41. The first kappa shape index (κ1) is 35.2. The van der Waals surface area contributed by atoms with Crippen molar-refractivity contribution in [2.75, 3.05) is 18.8 Å². The molecule has 0 aromatic heterocycles. The summed E-state index contributed by atoms with van der Waals surface area (Å²) in [7, 11) is -3.52. The van der Waals surface area contributed by atoms with Gasteiger partial charge in [0.05, 0.1) is 28.6 Å². The van der Waals surface area contributed by atoms with E-state index in [1.165, 1.54) is 4.90 Å². The van der Waals surface area contributed by atoms with Gasteiger partial charge >= 0.3 is 6.03 Å². The SMILES string of the molecule is CCCCC(NC(=O)[C@@H]1C2C(CN1C(=O)CNC(=O)NC1(CS(=O)(=O)C(C)(C)C)CCCCC1)C2(C)C)C(=O)C(=O)NC1CC1. The number of Topliss-reactive ketones (excluding diaryl/α,β-unsaturated/α-hetero) is 1. The van der Waals surface area contributed by atoms with Crippen molar-refractivity contribution < 1.29 is 32.4 Å². The van der Waals surface area contributed by atoms with Crippen LogP contribution in [0.25, 0.3) is 0 Å². The summed E-state index contributed by atoms with van der Waals surface area (Å²) in [6.07, 6.45) is 7.07. The molecule has 4 N–H and O–H groups in total. The van der Waals surface area contributed by atoms with Crippen LogP contribution in [-0.4, -0.2) is 90.1 Å². The van der Waals surface area contributed by atoms with Gasteiger partial charge in [0.25, 0.3) is 5.91 Å². The number of unbranched alkanes of at least 4 members (excludes halogenated alkanes) is 1. The third-order valence-electron chi connectivity index (χ3n) is 10.4. The van der Waals surface area contributed by atoms with Gasteiger partial charge in [-0.15, -0.1) is 0 Å². The molecule has 5 amide bonds. The highest BCUT2D eigenvalue weighted by Gasteiger charge is 2.69. The fraction of sp³-hybridized carbons (Fsp3) is 0.844. The van der Waals surface area contributed by atoms with Gasteiger partial charge in [-0.05, 0) is 70.1 Å². The number of likely N-dealkylation sites (tertiary alicyclic amines) is 1. The van der Waals surface area contributed by atoms with Gasteiger partial charge in [0.15, 0.2) is 9.84 Å². The zero-order valence-electron chi connectivity index (χ0n) is 27.8. The maximum absolute atomic E-state index is 13.7. The molecule has 12 nitrogen and oxygen atoms in total. The van der Waals surface area contributed by atoms with E-state index >= 15 is 0 Å². The van der Waals surface area contributed by atoms with Crippen LogP contribution in [0.2, 0.25) is 0 Å². The number of sulfone groups is 1. The number of amides is 5. The maximum Gasteiger partial charge on any atom is 0.315 e. The highest BCUT2D eigenvalue weighted by molar-refractivity contribution is 7.92. The highest BCUT2D eigenvalue weighted by Crippen LogP contribution is 2.64. The minimum atomic E-state index is -3.52. The molecule has 0 bridgehead atoms. The van der Waals surface area contributed by atoms with E-state index in [4.69, 9.17) is 0 Å². The molecule has 45 heavy (non-hydrogen) atoms. The molecular weight excluding hydrogens is 598 g/mol. The van der Waals surface area contributed by atoms with Crippen LogP contribution in [-0.2, 0) is 29.0 Å². The number of hydrogen-bond donors (Lipinski definition) is 4. The Balaban J connectivity index is 1.41. The Labute approximate surface area is 267 Å². The van der Waals surface area contributed by atoms with Crippen molar-refractivity contribution in [1.82, 2.24) is 26.2 Å². The molecule has 3 unspecified atom stereocenters. The Morgan fingerprint density at radius 2 is 1.64 bits per heavy atom. The molecule has 254 valence electrons. The summed E-state index contributed by atoms with van der Waals surface area (Å²) >= 11 is 0. The number of nitrogens with one attached hydrogen (secondary N) is 4. The third kappa shape index (κ3) is 8.00. The minimum absolute atomic E-state index is 0.0144. The lowest BCUT2D eigenvalue weighted by Crippen LogP contribution is -2.59. The smallest absolute Gasteiger partial charge is 0.315 e. The second-order valence-corrected chi connectivity index (χ2v) is 18.0. The fourth-order valence-corrected chi connectivity index (χ4v) is 8.60. The number of nitrogens with zero attached hydrogens (tertiary/aromatic N) is 1. The van der Waals surface area contributed by atoms with E-state index in [0.717, 1.165) is 38.5 Å². The first-order valence-electron chi connectivity index (χ1n) is 16.7. The number of hydrogen-bond acceptors (Lipinski definition) is 7. The quantitative estimate of drug-likeness (QED) is 0.221. The molecular formula is C32H53N5O7S. The Bertz CT molecular complexity index is 1280. The summed E-state index contributed by atoms with van der Waals surface area (Å²) in [5.41, 5.74) is -1.08. The molecule has 0 aromatic rings. The molecule has 4 aliphatic rings. The molecule has 1 aliphatic heterocycles. The van der Waals surface area contributed by atoms with Crippen molar-refractivity contribution in [2.24, 2.45) is 17.3 Å². The van der Waals surface area contributed by atoms with Gasteiger partial charge in [0.1, 0.15) is 6.04 Å². The lowest BCUT2D eigenvalue weighted by Gasteiger charge is -2.39. The second kappa shape index (κ2) is 13.2. The van der Waals surface area contributed by atoms with Gasteiger partial charge in [-0.25, -0.2) is 13.2 Å². The molecule has 4 atom stereocenters. The predicted octanol–water partition coefficient (Wildman–Crippen LogP) is 2.21. The normalized spacial score (nSPS) is 25.8. The van der Waals surface area contributed by atoms with Gasteiger partial charge < -0.3 is 26.2 Å². The van der Waals surface area contributed by atoms with Crippen LogP contribution in [0.1, 0.15) is 106 Å². The van der Waals surface area contributed by atoms with E-state index in [9.17, 15) is 32.4 Å². The van der Waals surface area contributed by atoms with Crippen LogP contribution >= 0.6 is 0 Å². The lowest BCUT2D eigenvalue weighted by atomic mass is 9.83. The number of rotatable bonds is 13. The largest absolute Gasteiger partial charge is 0.347 e. The third-order valence-corrected chi connectivity index (χ3v) is 13.2. The van der Waals surface area contributed by atoms with Crippen LogP contribution in [0.4, 0.5) is 4.79 Å². The molecule has 13 heteroatoms. The van der Waals surface area contributed by atoms with Crippen molar-refractivity contribution in [3.63, 3.8) is 0 Å². The summed E-state index contributed by atoms with van der Waals surface area (Å²) in [5, 5.41) is 11.0. The van der Waals surface area contributed by atoms with Crippen LogP contribution in [0, 0.1) is 17.3 Å². The first-order chi connectivity index (χ1) is 20.9. The van der Waals surface area contributed by atoms with Crippen LogP contribution in [0.5, 0.6) is 0 Å². The zero-order chi connectivity index (χ0) is 33.4. The highest BCUT2D eigenvalue weighted by atomic mass is 32.2. The van der Waals surface area contributed by atoms with Gasteiger partial charge in [0, 0.05) is 12.6 Å². The molecule has 0 spiro atoms. The molecule has 1 heterocycles. The number of carbonyl (C=O) groups is 5. The molecule has 3 aliphatic carbocycles. The number of fused-ring (bicyclic) bond motifs is 1. The van der Waals surface area contributed by atoms with Crippen LogP contribution < -0.4 is 21.3 Å². The number of urea groups is 1. The molecule has 0 aromatic carbocycles. The minimum Gasteiger partial charge on any atom is -0.347 e. The fourth-order valence-electron chi connectivity index (χ4n) is 7.08. The average Bonchev–Trinajstić information content (AvgIpc) is 3.80. The van der Waals surface area contributed by atoms with Crippen LogP contribution in [0.15, 0.2) is 0 Å². The number of piperidine rings is 1. The molecule has 0 radical (unpaired) electrons. The van der Waals surface area contributed by atoms with E-state index in [2.05, 4.69) is 21.3 Å². The van der Waals surface area contributed by atoms with E-state index < -0.39 is 61.7 Å². The van der Waals surface area contributed by atoms with Crippen molar-refractivity contribution in [2.45, 2.75) is 134 Å². The maximum atomic E-state index is 13.7. The molecule has 3 saturated carbocycles. The standard InChI is InChI=1S/C32H53N5O7S/c1-7-8-12-22(26(39)28(41)34-20-13-14-20)35-27(40)25-24-21(31(24,5)6)18-37(25)23(38)17-33-29(42)36-32(15-10-9-11-16-32)19-45(43,44)30(2,3)4/h20-22,24-25H,7-19H2,1-6H3,(H,34,41)(H,35,40)(H2,33,36,42)/t21?,22?,24?,25-/m0/s1. The lowest BCUT2D eigenvalue weighted by molar-refractivity contribution is -0.143. The van der Waals surface area contributed by atoms with E-state index in [0.29, 0.717) is 32.2 Å². The van der Waals surface area contributed by atoms with Gasteiger partial charge in [0.2, 0.25) is 17.6 Å². The van der Waals surface area contributed by atoms with Crippen molar-refractivity contribution in [3.05, 3.63) is 0 Å². The van der Waals surface area contributed by atoms with Gasteiger partial charge in [-0.1, -0.05) is 52.9 Å². The molecule has 4 rings (SSSR count). The van der Waals surface area contributed by atoms with Crippen molar-refractivity contribution >= 4 is 39.4 Å². The summed E-state index contributed by atoms with van der Waals surface area (Å²) < 4.78 is 25.2. The second-order valence-electron chi connectivity index (χ2n) is 15.3. The Morgan fingerprint density at radius 1 is 1.00 bits per heavy atom. The Hall–Kier alpha value is -2.70. The molecule has 4 fully saturated rings. The topological polar surface area (TPSA) is 171 Å². The van der Waals surface area contributed by atoms with Gasteiger partial charge in [-0.3, -0.25) is 19.2 Å². The Morgan fingerprint density at radius 3 is 2.22 bits per heavy atom. The Kier molecular flexibility index (Phi) is 10.3. The van der Waals surface area contributed by atoms with Crippen molar-refractivity contribution in [3.8, 4) is 0 Å². The summed E-state index contributed by atoms with van der Waals surface area (Å²) in [6.45, 7) is 11.0. The number of ketones is 1. The molecule has 1 saturated heterocycles. The van der Waals surface area contributed by atoms with E-state index in [-0.39, 0.29) is 35.6 Å². The summed E-state index contributed by atoms with van der Waals surface area (Å²) in [5.74, 6) is -2.44. The van der Waals surface area contributed by atoms with E-state index in [1.807, 2.05) is 20.8 Å². The van der Waals surface area contributed by atoms with E-state index in [1.54, 1.807) is 20.8 Å². The summed E-state index contributed by atoms with van der Waals surface area (Å²) in [4.78, 5) is 67.3.